The maximum atomic E-state index is 13.2. The highest BCUT2D eigenvalue weighted by molar-refractivity contribution is 5.44. The maximum Gasteiger partial charge on any atom is 0.251 e. The number of morpholine rings is 1. The molecule has 1 atom stereocenters. The van der Waals surface area contributed by atoms with Crippen LogP contribution in [0.5, 0.6) is 5.88 Å². The molecule has 1 aliphatic carbocycles. The third-order valence-corrected chi connectivity index (χ3v) is 3.91. The van der Waals surface area contributed by atoms with Gasteiger partial charge in [-0.25, -0.2) is 8.78 Å². The zero-order valence-electron chi connectivity index (χ0n) is 14.1. The fourth-order valence-electron chi connectivity index (χ4n) is 2.81. The molecule has 1 aromatic heterocycles. The van der Waals surface area contributed by atoms with E-state index in [0.717, 1.165) is 24.5 Å². The normalized spacial score (nSPS) is 23.2. The van der Waals surface area contributed by atoms with Crippen molar-refractivity contribution >= 4 is 5.82 Å². The molecule has 23 heavy (non-hydrogen) atoms. The van der Waals surface area contributed by atoms with Crippen LogP contribution < -0.4 is 9.64 Å². The Morgan fingerprint density at radius 1 is 1.26 bits per heavy atom. The minimum Gasteiger partial charge on any atom is -0.474 e. The molecule has 1 unspecified atom stereocenters. The van der Waals surface area contributed by atoms with E-state index in [-0.39, 0.29) is 12.8 Å². The largest absolute Gasteiger partial charge is 0.474 e. The molecule has 130 valence electrons. The number of halogens is 2. The molecule has 1 aliphatic heterocycles. The molecule has 0 aromatic carbocycles. The lowest BCUT2D eigenvalue weighted by Crippen LogP contribution is -2.36. The van der Waals surface area contributed by atoms with Gasteiger partial charge in [0.2, 0.25) is 5.88 Å². The van der Waals surface area contributed by atoms with E-state index in [1.807, 2.05) is 26.8 Å². The fourth-order valence-corrected chi connectivity index (χ4v) is 2.81. The highest BCUT2D eigenvalue weighted by atomic mass is 19.3. The predicted octanol–water partition coefficient (Wildman–Crippen LogP) is 3.82. The summed E-state index contributed by atoms with van der Waals surface area (Å²) in [6, 6.07) is 3.79. The first-order chi connectivity index (χ1) is 11.0. The summed E-state index contributed by atoms with van der Waals surface area (Å²) in [6.45, 7) is 8.90. The van der Waals surface area contributed by atoms with Crippen LogP contribution in [0.1, 0.15) is 38.7 Å². The Kier molecular flexibility index (Phi) is 6.16. The number of alkyl halides is 2. The Bertz CT molecular complexity index is 505. The van der Waals surface area contributed by atoms with E-state index in [0.29, 0.717) is 25.5 Å². The van der Waals surface area contributed by atoms with Crippen molar-refractivity contribution in [3.8, 4) is 5.88 Å². The molecule has 0 radical (unpaired) electrons. The van der Waals surface area contributed by atoms with Gasteiger partial charge >= 0.3 is 0 Å². The van der Waals surface area contributed by atoms with Crippen LogP contribution in [0.2, 0.25) is 0 Å². The molecule has 0 amide bonds. The molecule has 1 saturated heterocycles. The van der Waals surface area contributed by atoms with Crippen molar-refractivity contribution < 1.29 is 18.3 Å². The molecule has 0 N–H and O–H groups in total. The molecule has 0 bridgehead atoms. The van der Waals surface area contributed by atoms with Crippen LogP contribution in [0, 0.1) is 6.92 Å². The summed E-state index contributed by atoms with van der Waals surface area (Å²) in [7, 11) is 0. The Labute approximate surface area is 136 Å². The third-order valence-electron chi connectivity index (χ3n) is 3.91. The third kappa shape index (κ3) is 5.03. The number of pyridine rings is 1. The summed E-state index contributed by atoms with van der Waals surface area (Å²) >= 11 is 0. The van der Waals surface area contributed by atoms with Crippen LogP contribution in [-0.2, 0) is 4.74 Å². The van der Waals surface area contributed by atoms with Crippen molar-refractivity contribution in [3.05, 3.63) is 17.7 Å². The first-order valence-electron chi connectivity index (χ1n) is 8.38. The van der Waals surface area contributed by atoms with Crippen LogP contribution in [0.15, 0.2) is 12.1 Å². The Morgan fingerprint density at radius 3 is 2.57 bits per heavy atom. The second-order valence-corrected chi connectivity index (χ2v) is 5.78. The summed E-state index contributed by atoms with van der Waals surface area (Å²) in [5, 5.41) is 0. The van der Waals surface area contributed by atoms with Crippen LogP contribution in [0.25, 0.3) is 0 Å². The van der Waals surface area contributed by atoms with E-state index in [4.69, 9.17) is 9.47 Å². The lowest BCUT2D eigenvalue weighted by molar-refractivity contribution is -0.00138. The molecule has 6 heteroatoms. The maximum absolute atomic E-state index is 13.2. The molecular weight excluding hydrogens is 302 g/mol. The van der Waals surface area contributed by atoms with Crippen molar-refractivity contribution in [1.29, 1.82) is 0 Å². The van der Waals surface area contributed by atoms with Gasteiger partial charge in [0.05, 0.1) is 13.2 Å². The number of hydrogen-bond acceptors (Lipinski definition) is 4. The Balaban J connectivity index is 0.000000924. The van der Waals surface area contributed by atoms with Crippen molar-refractivity contribution in [2.24, 2.45) is 0 Å². The molecule has 4 nitrogen and oxygen atoms in total. The first-order valence-corrected chi connectivity index (χ1v) is 8.38. The summed E-state index contributed by atoms with van der Waals surface area (Å²) in [5.41, 5.74) is 1.02. The number of anilines is 1. The van der Waals surface area contributed by atoms with Gasteiger partial charge in [-0.15, -0.1) is 0 Å². The van der Waals surface area contributed by atoms with Gasteiger partial charge < -0.3 is 14.4 Å². The second-order valence-electron chi connectivity index (χ2n) is 5.78. The lowest BCUT2D eigenvalue weighted by Gasteiger charge is -2.28. The Hall–Kier alpha value is -1.43. The average molecular weight is 328 g/mol. The molecule has 3 rings (SSSR count). The first kappa shape index (κ1) is 17.9. The number of hydrogen-bond donors (Lipinski definition) is 0. The summed E-state index contributed by atoms with van der Waals surface area (Å²) in [5.74, 6) is -1.32. The SMILES string of the molecule is CC.Cc1cc(OC2CCC(F)(F)C2)nc(N2CCOCC2)c1. The van der Waals surface area contributed by atoms with E-state index in [1.165, 1.54) is 0 Å². The molecule has 2 aliphatic rings. The Morgan fingerprint density at radius 2 is 1.96 bits per heavy atom. The van der Waals surface area contributed by atoms with Crippen molar-refractivity contribution in [2.45, 2.75) is 52.1 Å². The van der Waals surface area contributed by atoms with Crippen molar-refractivity contribution in [3.63, 3.8) is 0 Å². The van der Waals surface area contributed by atoms with Gasteiger partial charge in [0.15, 0.2) is 0 Å². The molecule has 1 saturated carbocycles. The van der Waals surface area contributed by atoms with Crippen molar-refractivity contribution in [2.75, 3.05) is 31.2 Å². The van der Waals surface area contributed by atoms with Gasteiger partial charge in [0.1, 0.15) is 11.9 Å². The van der Waals surface area contributed by atoms with Crippen LogP contribution in [0.3, 0.4) is 0 Å². The monoisotopic (exact) mass is 328 g/mol. The lowest BCUT2D eigenvalue weighted by atomic mass is 10.2. The van der Waals surface area contributed by atoms with E-state index < -0.39 is 12.0 Å². The highest BCUT2D eigenvalue weighted by Gasteiger charge is 2.40. The molecule has 0 spiro atoms. The van der Waals surface area contributed by atoms with Crippen LogP contribution in [-0.4, -0.2) is 43.3 Å². The van der Waals surface area contributed by atoms with Gasteiger partial charge in [-0.1, -0.05) is 13.8 Å². The van der Waals surface area contributed by atoms with Gasteiger partial charge in [-0.3, -0.25) is 0 Å². The van der Waals surface area contributed by atoms with E-state index in [2.05, 4.69) is 9.88 Å². The number of nitrogens with zero attached hydrogens (tertiary/aromatic N) is 2. The average Bonchev–Trinajstić information content (AvgIpc) is 2.88. The molecular formula is C17H26F2N2O2. The van der Waals surface area contributed by atoms with E-state index in [1.54, 1.807) is 6.07 Å². The minimum atomic E-state index is -2.60. The summed E-state index contributed by atoms with van der Waals surface area (Å²) < 4.78 is 37.5. The highest BCUT2D eigenvalue weighted by Crippen LogP contribution is 2.37. The standard InChI is InChI=1S/C15H20F2N2O2.C2H6/c1-11-8-13(19-4-6-20-7-5-19)18-14(9-11)21-12-2-3-15(16,17)10-12;1-2/h8-9,12H,2-7,10H2,1H3;1-2H3. The second kappa shape index (κ2) is 7.90. The zero-order chi connectivity index (χ0) is 16.9. The zero-order valence-corrected chi connectivity index (χ0v) is 14.1. The number of rotatable bonds is 3. The smallest absolute Gasteiger partial charge is 0.251 e. The quantitative estimate of drug-likeness (QED) is 0.845. The van der Waals surface area contributed by atoms with E-state index >= 15 is 0 Å². The number of aromatic nitrogens is 1. The van der Waals surface area contributed by atoms with Crippen molar-refractivity contribution in [1.82, 2.24) is 4.98 Å². The van der Waals surface area contributed by atoms with Crippen LogP contribution >= 0.6 is 0 Å². The summed E-state index contributed by atoms with van der Waals surface area (Å²) in [4.78, 5) is 6.60. The van der Waals surface area contributed by atoms with E-state index in [9.17, 15) is 8.78 Å². The molecule has 1 aromatic rings. The minimum absolute atomic E-state index is 0.0974. The van der Waals surface area contributed by atoms with Gasteiger partial charge in [0, 0.05) is 32.0 Å². The van der Waals surface area contributed by atoms with Gasteiger partial charge in [-0.2, -0.15) is 4.98 Å². The molecule has 2 heterocycles. The molecule has 2 fully saturated rings. The predicted molar refractivity (Wildman–Crippen MR) is 86.6 cm³/mol. The number of ether oxygens (including phenoxy) is 2. The number of aryl methyl sites for hydroxylation is 1. The fraction of sp³-hybridized carbons (Fsp3) is 0.706. The van der Waals surface area contributed by atoms with Gasteiger partial charge in [0.25, 0.3) is 5.92 Å². The van der Waals surface area contributed by atoms with Crippen LogP contribution in [0.4, 0.5) is 14.6 Å². The topological polar surface area (TPSA) is 34.6 Å². The van der Waals surface area contributed by atoms with Gasteiger partial charge in [-0.05, 0) is 25.0 Å². The summed E-state index contributed by atoms with van der Waals surface area (Å²) in [6.07, 6.45) is -0.364.